The first kappa shape index (κ1) is 19.9. The Morgan fingerprint density at radius 1 is 1.00 bits per heavy atom. The topological polar surface area (TPSA) is 74.8 Å². The van der Waals surface area contributed by atoms with Crippen molar-refractivity contribution in [3.8, 4) is 0 Å². The van der Waals surface area contributed by atoms with Crippen LogP contribution in [0.1, 0.15) is 33.7 Å². The maximum Gasteiger partial charge on any atom is 0.242 e. The second-order valence-corrected chi connectivity index (χ2v) is 8.19. The smallest absolute Gasteiger partial charge is 0.242 e. The SMILES string of the molecule is CC(=O)c1cccc(NC(=O)[C@H](Sc2nc3ccc(C)cc3[nH]2)c2ccccc2)c1. The molecule has 5 nitrogen and oxygen atoms in total. The highest BCUT2D eigenvalue weighted by Gasteiger charge is 2.24. The summed E-state index contributed by atoms with van der Waals surface area (Å²) < 4.78 is 0. The number of thioether (sulfide) groups is 1. The van der Waals surface area contributed by atoms with Gasteiger partial charge in [-0.25, -0.2) is 4.98 Å². The molecule has 0 unspecified atom stereocenters. The molecule has 150 valence electrons. The maximum atomic E-state index is 13.2. The third kappa shape index (κ3) is 4.44. The van der Waals surface area contributed by atoms with Gasteiger partial charge in [0.05, 0.1) is 11.0 Å². The van der Waals surface area contributed by atoms with Crippen molar-refractivity contribution in [1.29, 1.82) is 0 Å². The van der Waals surface area contributed by atoms with Gasteiger partial charge in [0, 0.05) is 11.3 Å². The van der Waals surface area contributed by atoms with Gasteiger partial charge in [0.1, 0.15) is 5.25 Å². The Labute approximate surface area is 178 Å². The predicted octanol–water partition coefficient (Wildman–Crippen LogP) is 5.55. The van der Waals surface area contributed by atoms with E-state index in [-0.39, 0.29) is 11.7 Å². The predicted molar refractivity (Wildman–Crippen MR) is 121 cm³/mol. The zero-order chi connectivity index (χ0) is 21.1. The fourth-order valence-electron chi connectivity index (χ4n) is 3.19. The Bertz CT molecular complexity index is 1220. The van der Waals surface area contributed by atoms with Crippen molar-refractivity contribution in [2.45, 2.75) is 24.3 Å². The first-order valence-electron chi connectivity index (χ1n) is 9.59. The highest BCUT2D eigenvalue weighted by molar-refractivity contribution is 8.00. The molecule has 4 aromatic rings. The van der Waals surface area contributed by atoms with Gasteiger partial charge in [0.2, 0.25) is 5.91 Å². The lowest BCUT2D eigenvalue weighted by atomic mass is 10.1. The number of anilines is 1. The second-order valence-electron chi connectivity index (χ2n) is 7.10. The first-order chi connectivity index (χ1) is 14.5. The molecule has 0 aliphatic carbocycles. The van der Waals surface area contributed by atoms with Gasteiger partial charge in [-0.05, 0) is 49.2 Å². The lowest BCUT2D eigenvalue weighted by molar-refractivity contribution is -0.115. The van der Waals surface area contributed by atoms with Crippen LogP contribution in [-0.2, 0) is 4.79 Å². The van der Waals surface area contributed by atoms with Crippen molar-refractivity contribution >= 4 is 40.2 Å². The molecule has 1 atom stereocenters. The van der Waals surface area contributed by atoms with Gasteiger partial charge < -0.3 is 10.3 Å². The first-order valence-corrected chi connectivity index (χ1v) is 10.5. The van der Waals surface area contributed by atoms with Crippen molar-refractivity contribution < 1.29 is 9.59 Å². The summed E-state index contributed by atoms with van der Waals surface area (Å²) in [7, 11) is 0. The van der Waals surface area contributed by atoms with Crippen LogP contribution in [0.25, 0.3) is 11.0 Å². The summed E-state index contributed by atoms with van der Waals surface area (Å²) in [5.74, 6) is -0.221. The molecular formula is C24H21N3O2S. The van der Waals surface area contributed by atoms with Crippen LogP contribution in [0.3, 0.4) is 0 Å². The van der Waals surface area contributed by atoms with E-state index < -0.39 is 5.25 Å². The Balaban J connectivity index is 1.63. The number of benzene rings is 3. The monoisotopic (exact) mass is 415 g/mol. The average Bonchev–Trinajstić information content (AvgIpc) is 3.14. The lowest BCUT2D eigenvalue weighted by Crippen LogP contribution is -2.19. The molecule has 0 aliphatic heterocycles. The van der Waals surface area contributed by atoms with Crippen LogP contribution in [0.5, 0.6) is 0 Å². The molecule has 0 fully saturated rings. The van der Waals surface area contributed by atoms with E-state index in [1.165, 1.54) is 18.7 Å². The van der Waals surface area contributed by atoms with Crippen LogP contribution in [-0.4, -0.2) is 21.7 Å². The fraction of sp³-hybridized carbons (Fsp3) is 0.125. The molecule has 1 amide bonds. The summed E-state index contributed by atoms with van der Waals surface area (Å²) in [4.78, 5) is 32.8. The van der Waals surface area contributed by atoms with Crippen molar-refractivity contribution in [1.82, 2.24) is 9.97 Å². The number of Topliss-reactive ketones (excluding diaryl/α,β-unsaturated/α-hetero) is 1. The highest BCUT2D eigenvalue weighted by Crippen LogP contribution is 2.35. The number of fused-ring (bicyclic) bond motifs is 1. The molecule has 6 heteroatoms. The van der Waals surface area contributed by atoms with Gasteiger partial charge in [0.25, 0.3) is 0 Å². The van der Waals surface area contributed by atoms with Crippen LogP contribution in [0.15, 0.2) is 78.0 Å². The van der Waals surface area contributed by atoms with E-state index in [1.54, 1.807) is 24.3 Å². The lowest BCUT2D eigenvalue weighted by Gasteiger charge is -2.16. The molecule has 3 aromatic carbocycles. The minimum atomic E-state index is -0.506. The van der Waals surface area contributed by atoms with Gasteiger partial charge in [-0.15, -0.1) is 0 Å². The number of nitrogens with zero attached hydrogens (tertiary/aromatic N) is 1. The number of aromatic nitrogens is 2. The molecule has 0 bridgehead atoms. The number of H-pyrrole nitrogens is 1. The zero-order valence-corrected chi connectivity index (χ0v) is 17.5. The van der Waals surface area contributed by atoms with Crippen molar-refractivity contribution in [2.75, 3.05) is 5.32 Å². The number of carbonyl (C=O) groups is 2. The van der Waals surface area contributed by atoms with E-state index in [4.69, 9.17) is 0 Å². The van der Waals surface area contributed by atoms with Gasteiger partial charge in [0.15, 0.2) is 10.9 Å². The van der Waals surface area contributed by atoms with E-state index >= 15 is 0 Å². The third-order valence-corrected chi connectivity index (χ3v) is 5.86. The van der Waals surface area contributed by atoms with Gasteiger partial charge in [-0.2, -0.15) is 0 Å². The summed E-state index contributed by atoms with van der Waals surface area (Å²) in [6.45, 7) is 3.54. The number of hydrogen-bond donors (Lipinski definition) is 2. The van der Waals surface area contributed by atoms with Crippen LogP contribution in [0.2, 0.25) is 0 Å². The highest BCUT2D eigenvalue weighted by atomic mass is 32.2. The van der Waals surface area contributed by atoms with E-state index in [0.29, 0.717) is 16.4 Å². The van der Waals surface area contributed by atoms with Crippen molar-refractivity contribution in [3.63, 3.8) is 0 Å². The summed E-state index contributed by atoms with van der Waals surface area (Å²) in [5, 5.41) is 3.12. The Kier molecular flexibility index (Phi) is 5.68. The Morgan fingerprint density at radius 3 is 2.57 bits per heavy atom. The zero-order valence-electron chi connectivity index (χ0n) is 16.7. The molecule has 0 aliphatic rings. The molecule has 1 heterocycles. The van der Waals surface area contributed by atoms with Crippen molar-refractivity contribution in [2.24, 2.45) is 0 Å². The van der Waals surface area contributed by atoms with Gasteiger partial charge in [-0.1, -0.05) is 60.3 Å². The van der Waals surface area contributed by atoms with Crippen LogP contribution < -0.4 is 5.32 Å². The van der Waals surface area contributed by atoms with Crippen LogP contribution >= 0.6 is 11.8 Å². The van der Waals surface area contributed by atoms with E-state index in [9.17, 15) is 9.59 Å². The average molecular weight is 416 g/mol. The summed E-state index contributed by atoms with van der Waals surface area (Å²) >= 11 is 1.37. The van der Waals surface area contributed by atoms with Crippen molar-refractivity contribution in [3.05, 3.63) is 89.5 Å². The molecular weight excluding hydrogens is 394 g/mol. The number of aryl methyl sites for hydroxylation is 1. The summed E-state index contributed by atoms with van der Waals surface area (Å²) in [5.41, 5.74) is 4.98. The number of ketones is 1. The van der Waals surface area contributed by atoms with Crippen LogP contribution in [0.4, 0.5) is 5.69 Å². The molecule has 2 N–H and O–H groups in total. The fourth-order valence-corrected chi connectivity index (χ4v) is 4.19. The van der Waals surface area contributed by atoms with Gasteiger partial charge in [-0.3, -0.25) is 9.59 Å². The molecule has 0 saturated heterocycles. The normalized spacial score (nSPS) is 11.9. The van der Waals surface area contributed by atoms with Crippen LogP contribution in [0, 0.1) is 6.92 Å². The van der Waals surface area contributed by atoms with Gasteiger partial charge >= 0.3 is 0 Å². The largest absolute Gasteiger partial charge is 0.333 e. The minimum absolute atomic E-state index is 0.0438. The standard InChI is InChI=1S/C24H21N3O2S/c1-15-11-12-20-21(13-15)27-24(26-20)30-22(17-7-4-3-5-8-17)23(29)25-19-10-6-9-18(14-19)16(2)28/h3-14,22H,1-2H3,(H,25,29)(H,26,27)/t22-/m1/s1. The number of aromatic amines is 1. The molecule has 0 radical (unpaired) electrons. The second kappa shape index (κ2) is 8.55. The number of rotatable bonds is 6. The molecule has 30 heavy (non-hydrogen) atoms. The molecule has 0 saturated carbocycles. The molecule has 0 spiro atoms. The number of imidazole rings is 1. The third-order valence-electron chi connectivity index (χ3n) is 4.72. The maximum absolute atomic E-state index is 13.2. The molecule has 1 aromatic heterocycles. The summed E-state index contributed by atoms with van der Waals surface area (Å²) in [6.07, 6.45) is 0. The number of hydrogen-bond acceptors (Lipinski definition) is 4. The molecule has 4 rings (SSSR count). The van der Waals surface area contributed by atoms with E-state index in [1.807, 2.05) is 55.5 Å². The minimum Gasteiger partial charge on any atom is -0.333 e. The van der Waals surface area contributed by atoms with E-state index in [2.05, 4.69) is 15.3 Å². The number of nitrogens with one attached hydrogen (secondary N) is 2. The Morgan fingerprint density at radius 2 is 1.80 bits per heavy atom. The number of amides is 1. The Hall–Kier alpha value is -3.38. The summed E-state index contributed by atoms with van der Waals surface area (Å²) in [6, 6.07) is 22.6. The quantitative estimate of drug-likeness (QED) is 0.320. The van der Waals surface area contributed by atoms with E-state index in [0.717, 1.165) is 22.2 Å². The number of carbonyl (C=O) groups excluding carboxylic acids is 2.